The molecular formula is C45H71Cl2N7O8. The monoisotopic (exact) mass is 907 g/mol. The van der Waals surface area contributed by atoms with Gasteiger partial charge in [-0.1, -0.05) is 71.2 Å². The summed E-state index contributed by atoms with van der Waals surface area (Å²) in [5.41, 5.74) is -0.162. The molecular weight excluding hydrogens is 837 g/mol. The van der Waals surface area contributed by atoms with Gasteiger partial charge in [-0.2, -0.15) is 0 Å². The standard InChI is InChI=1S/C45H71Cl2N7O8/c1-9-16-32-38(56)48-22-13-11-18-35(52(7)42(60)33(17-12-14-24-55)50-40(58)36-19-15-23-54(36)44(62)45(5,6)10-2)39(57)51-34(25-28(3)4)43(61)53(8)37(41(59)49-32)27-29-26-30(46)20-21-31(29)47/h20-21,26,28,32-37,55H,9-19,22-25,27H2,1-8H3,(H,48,56)(H,49,59)(H,50,58)(H,51,57)/t32-,33+,34+,35+,36+,37+/m1/s1. The van der Waals surface area contributed by atoms with Crippen LogP contribution in [0.1, 0.15) is 124 Å². The first-order chi connectivity index (χ1) is 29.3. The van der Waals surface area contributed by atoms with Gasteiger partial charge < -0.3 is 41.1 Å². The molecule has 1 aromatic carbocycles. The second-order valence-electron chi connectivity index (χ2n) is 17.9. The molecule has 2 saturated heterocycles. The van der Waals surface area contributed by atoms with E-state index in [0.717, 1.165) is 0 Å². The Labute approximate surface area is 378 Å². The van der Waals surface area contributed by atoms with Crippen molar-refractivity contribution in [1.29, 1.82) is 0 Å². The van der Waals surface area contributed by atoms with Gasteiger partial charge in [0.1, 0.15) is 36.3 Å². The van der Waals surface area contributed by atoms with Crippen molar-refractivity contribution in [2.75, 3.05) is 33.8 Å². The topological polar surface area (TPSA) is 198 Å². The molecule has 0 unspecified atom stereocenters. The highest BCUT2D eigenvalue weighted by molar-refractivity contribution is 6.33. The van der Waals surface area contributed by atoms with E-state index in [2.05, 4.69) is 21.3 Å². The number of benzene rings is 1. The Bertz CT molecular complexity index is 1730. The van der Waals surface area contributed by atoms with Crippen molar-refractivity contribution in [2.45, 2.75) is 161 Å². The molecule has 3 rings (SSSR count). The number of unbranched alkanes of at least 4 members (excludes halogenated alkanes) is 1. The third-order valence-electron chi connectivity index (χ3n) is 12.2. The molecule has 7 amide bonds. The molecule has 348 valence electrons. The molecule has 0 saturated carbocycles. The number of likely N-dealkylation sites (tertiary alicyclic amines) is 1. The van der Waals surface area contributed by atoms with E-state index < -0.39 is 71.2 Å². The molecule has 0 aliphatic carbocycles. The normalized spacial score (nSPS) is 22.8. The number of aliphatic hydroxyl groups is 1. The van der Waals surface area contributed by atoms with Crippen molar-refractivity contribution in [3.8, 4) is 0 Å². The SMILES string of the molecule is CCC[C@H]1NC(=O)[C@H](Cc2cc(Cl)ccc2Cl)N(C)C(=O)[C@H](CC(C)C)NC(=O)[C@@H](N(C)C(=O)[C@H](CCCCO)NC(=O)[C@@H]2CCCN2C(=O)C(C)(C)CC)CCCCNC1=O. The number of halogens is 2. The summed E-state index contributed by atoms with van der Waals surface area (Å²) in [5.74, 6) is -3.32. The number of nitrogens with zero attached hydrogens (tertiary/aromatic N) is 3. The van der Waals surface area contributed by atoms with Gasteiger partial charge in [0.05, 0.1) is 0 Å². The molecule has 2 fully saturated rings. The van der Waals surface area contributed by atoms with Gasteiger partial charge in [0.2, 0.25) is 41.4 Å². The van der Waals surface area contributed by atoms with Gasteiger partial charge in [0.25, 0.3) is 0 Å². The summed E-state index contributed by atoms with van der Waals surface area (Å²) < 4.78 is 0. The van der Waals surface area contributed by atoms with Crippen LogP contribution in [0.2, 0.25) is 10.0 Å². The van der Waals surface area contributed by atoms with Crippen LogP contribution in [0.4, 0.5) is 0 Å². The van der Waals surface area contributed by atoms with Crippen molar-refractivity contribution >= 4 is 64.6 Å². The van der Waals surface area contributed by atoms with E-state index in [-0.39, 0.29) is 56.6 Å². The van der Waals surface area contributed by atoms with E-state index in [1.807, 2.05) is 41.5 Å². The summed E-state index contributed by atoms with van der Waals surface area (Å²) in [4.78, 5) is 103. The van der Waals surface area contributed by atoms with Crippen molar-refractivity contribution in [2.24, 2.45) is 11.3 Å². The van der Waals surface area contributed by atoms with Crippen molar-refractivity contribution in [3.05, 3.63) is 33.8 Å². The average molecular weight is 909 g/mol. The summed E-state index contributed by atoms with van der Waals surface area (Å²) in [5, 5.41) is 21.9. The summed E-state index contributed by atoms with van der Waals surface area (Å²) in [6.45, 7) is 11.9. The Morgan fingerprint density at radius 2 is 1.66 bits per heavy atom. The molecule has 62 heavy (non-hydrogen) atoms. The summed E-state index contributed by atoms with van der Waals surface area (Å²) in [6, 6.07) is -1.24. The highest BCUT2D eigenvalue weighted by atomic mass is 35.5. The minimum atomic E-state index is -1.16. The smallest absolute Gasteiger partial charge is 0.245 e. The third kappa shape index (κ3) is 14.5. The van der Waals surface area contributed by atoms with Crippen LogP contribution in [0.25, 0.3) is 0 Å². The molecule has 2 aliphatic rings. The second kappa shape index (κ2) is 24.8. The van der Waals surface area contributed by atoms with Gasteiger partial charge in [-0.15, -0.1) is 0 Å². The van der Waals surface area contributed by atoms with Gasteiger partial charge in [0.15, 0.2) is 0 Å². The average Bonchev–Trinajstić information content (AvgIpc) is 3.72. The lowest BCUT2D eigenvalue weighted by molar-refractivity contribution is -0.147. The zero-order chi connectivity index (χ0) is 46.3. The van der Waals surface area contributed by atoms with Crippen LogP contribution in [0.3, 0.4) is 0 Å². The highest BCUT2D eigenvalue weighted by Gasteiger charge is 2.42. The quantitative estimate of drug-likeness (QED) is 0.151. The Hall–Kier alpha value is -3.95. The number of hydrogen-bond donors (Lipinski definition) is 5. The number of nitrogens with one attached hydrogen (secondary N) is 4. The van der Waals surface area contributed by atoms with E-state index in [0.29, 0.717) is 79.9 Å². The lowest BCUT2D eigenvalue weighted by Gasteiger charge is -2.35. The fourth-order valence-electron chi connectivity index (χ4n) is 8.00. The Kier molecular flexibility index (Phi) is 20.9. The largest absolute Gasteiger partial charge is 0.396 e. The van der Waals surface area contributed by atoms with E-state index in [1.165, 1.54) is 23.9 Å². The van der Waals surface area contributed by atoms with Crippen LogP contribution in [0, 0.1) is 11.3 Å². The summed E-state index contributed by atoms with van der Waals surface area (Å²) >= 11 is 12.9. The number of carbonyl (C=O) groups is 7. The number of rotatable bonds is 16. The maximum atomic E-state index is 14.6. The van der Waals surface area contributed by atoms with Gasteiger partial charge in [-0.05, 0) is 100 Å². The first-order valence-corrected chi connectivity index (χ1v) is 23.1. The minimum absolute atomic E-state index is 0.0390. The highest BCUT2D eigenvalue weighted by Crippen LogP contribution is 2.29. The minimum Gasteiger partial charge on any atom is -0.396 e. The van der Waals surface area contributed by atoms with E-state index in [9.17, 15) is 38.7 Å². The van der Waals surface area contributed by atoms with E-state index in [1.54, 1.807) is 23.1 Å². The molecule has 2 heterocycles. The maximum absolute atomic E-state index is 14.6. The fraction of sp³-hybridized carbons (Fsp3) is 0.711. The van der Waals surface area contributed by atoms with Crippen LogP contribution in [-0.4, -0.2) is 131 Å². The fourth-order valence-corrected chi connectivity index (χ4v) is 8.39. The van der Waals surface area contributed by atoms with Crippen molar-refractivity contribution in [3.63, 3.8) is 0 Å². The predicted octanol–water partition coefficient (Wildman–Crippen LogP) is 4.38. The molecule has 15 nitrogen and oxygen atoms in total. The zero-order valence-corrected chi connectivity index (χ0v) is 39.5. The maximum Gasteiger partial charge on any atom is 0.245 e. The summed E-state index contributed by atoms with van der Waals surface area (Å²) in [7, 11) is 2.96. The third-order valence-corrected chi connectivity index (χ3v) is 12.8. The van der Waals surface area contributed by atoms with Crippen molar-refractivity contribution < 1.29 is 38.7 Å². The van der Waals surface area contributed by atoms with Crippen LogP contribution >= 0.6 is 23.2 Å². The number of hydrogen-bond acceptors (Lipinski definition) is 8. The van der Waals surface area contributed by atoms with E-state index in [4.69, 9.17) is 23.2 Å². The molecule has 0 bridgehead atoms. The number of amides is 7. The van der Waals surface area contributed by atoms with Crippen LogP contribution in [-0.2, 0) is 40.0 Å². The van der Waals surface area contributed by atoms with Gasteiger partial charge in [0, 0.05) is 55.7 Å². The van der Waals surface area contributed by atoms with Crippen LogP contribution in [0.15, 0.2) is 18.2 Å². The molecule has 0 spiro atoms. The van der Waals surface area contributed by atoms with Gasteiger partial charge in [-0.3, -0.25) is 33.6 Å². The van der Waals surface area contributed by atoms with Crippen LogP contribution < -0.4 is 21.3 Å². The van der Waals surface area contributed by atoms with Gasteiger partial charge in [-0.25, -0.2) is 0 Å². The second-order valence-corrected chi connectivity index (χ2v) is 18.7. The molecule has 1 aromatic rings. The van der Waals surface area contributed by atoms with Crippen LogP contribution in [0.5, 0.6) is 0 Å². The molecule has 0 radical (unpaired) electrons. The first kappa shape index (κ1) is 52.4. The Morgan fingerprint density at radius 1 is 0.968 bits per heavy atom. The van der Waals surface area contributed by atoms with E-state index >= 15 is 0 Å². The Morgan fingerprint density at radius 3 is 2.31 bits per heavy atom. The molecule has 5 N–H and O–H groups in total. The number of aliphatic hydroxyl groups excluding tert-OH is 1. The molecule has 2 aliphatic heterocycles. The first-order valence-electron chi connectivity index (χ1n) is 22.4. The summed E-state index contributed by atoms with van der Waals surface area (Å²) in [6.07, 6.45) is 4.75. The Balaban J connectivity index is 2.02. The number of carbonyl (C=O) groups excluding carboxylic acids is 7. The molecule has 0 aromatic heterocycles. The molecule has 6 atom stereocenters. The van der Waals surface area contributed by atoms with Gasteiger partial charge >= 0.3 is 0 Å². The molecule has 17 heteroatoms. The predicted molar refractivity (Wildman–Crippen MR) is 240 cm³/mol. The lowest BCUT2D eigenvalue weighted by atomic mass is 9.88. The lowest BCUT2D eigenvalue weighted by Crippen LogP contribution is -2.60. The number of likely N-dealkylation sites (N-methyl/N-ethyl adjacent to an activating group) is 2. The van der Waals surface area contributed by atoms with Crippen molar-refractivity contribution in [1.82, 2.24) is 36.0 Å². The zero-order valence-electron chi connectivity index (χ0n) is 38.0.